The van der Waals surface area contributed by atoms with Gasteiger partial charge >= 0.3 is 0 Å². The Balaban J connectivity index is 1.99. The molecule has 5 heteroatoms. The van der Waals surface area contributed by atoms with Crippen LogP contribution >= 0.6 is 0 Å². The van der Waals surface area contributed by atoms with Gasteiger partial charge in [0.05, 0.1) is 12.6 Å². The number of hydrogen-bond donors (Lipinski definition) is 0. The first-order valence-corrected chi connectivity index (χ1v) is 8.49. The average molecular weight is 338 g/mol. The van der Waals surface area contributed by atoms with E-state index in [0.29, 0.717) is 6.54 Å². The van der Waals surface area contributed by atoms with Gasteiger partial charge < -0.3 is 4.57 Å². The van der Waals surface area contributed by atoms with Crippen molar-refractivity contribution in [3.63, 3.8) is 0 Å². The molecule has 0 amide bonds. The number of halogens is 1. The molecule has 0 unspecified atom stereocenters. The van der Waals surface area contributed by atoms with Crippen LogP contribution in [-0.2, 0) is 13.6 Å². The molecule has 0 aliphatic rings. The van der Waals surface area contributed by atoms with Crippen LogP contribution in [0.1, 0.15) is 35.7 Å². The van der Waals surface area contributed by atoms with E-state index in [1.807, 2.05) is 48.9 Å². The maximum absolute atomic E-state index is 13.4. The van der Waals surface area contributed by atoms with Crippen molar-refractivity contribution >= 4 is 0 Å². The van der Waals surface area contributed by atoms with Crippen LogP contribution in [-0.4, -0.2) is 26.2 Å². The molecule has 0 aliphatic carbocycles. The fourth-order valence-corrected chi connectivity index (χ4v) is 3.05. The van der Waals surface area contributed by atoms with E-state index in [0.717, 1.165) is 23.8 Å². The zero-order valence-electron chi connectivity index (χ0n) is 14.9. The molecule has 3 aromatic rings. The van der Waals surface area contributed by atoms with Crippen LogP contribution in [0.4, 0.5) is 4.39 Å². The third-order valence-electron chi connectivity index (χ3n) is 4.60. The molecule has 0 bridgehead atoms. The predicted molar refractivity (Wildman–Crippen MR) is 96.5 cm³/mol. The van der Waals surface area contributed by atoms with E-state index >= 15 is 0 Å². The van der Waals surface area contributed by atoms with E-state index < -0.39 is 0 Å². The first-order valence-electron chi connectivity index (χ1n) is 8.49. The standard InChI is InChI=1S/C20H23FN4/c1-4-25(14-19-23-22-15(2)24(19)3)20(16-8-6-5-7-9-16)17-10-12-18(21)13-11-17/h5-13,20H,4,14H2,1-3H3/t20-/m0/s1. The maximum Gasteiger partial charge on any atom is 0.146 e. The summed E-state index contributed by atoms with van der Waals surface area (Å²) in [5.74, 6) is 1.59. The van der Waals surface area contributed by atoms with Crippen molar-refractivity contribution in [3.8, 4) is 0 Å². The van der Waals surface area contributed by atoms with Crippen molar-refractivity contribution in [3.05, 3.63) is 83.2 Å². The first-order chi connectivity index (χ1) is 12.1. The lowest BCUT2D eigenvalue weighted by molar-refractivity contribution is 0.220. The zero-order valence-corrected chi connectivity index (χ0v) is 14.9. The molecular weight excluding hydrogens is 315 g/mol. The molecule has 0 fully saturated rings. The third-order valence-corrected chi connectivity index (χ3v) is 4.60. The molecule has 4 nitrogen and oxygen atoms in total. The minimum atomic E-state index is -0.220. The summed E-state index contributed by atoms with van der Waals surface area (Å²) in [7, 11) is 1.98. The molecule has 2 aromatic carbocycles. The Morgan fingerprint density at radius 2 is 1.64 bits per heavy atom. The van der Waals surface area contributed by atoms with Crippen LogP contribution in [0.25, 0.3) is 0 Å². The second-order valence-corrected chi connectivity index (χ2v) is 6.15. The van der Waals surface area contributed by atoms with Gasteiger partial charge in [-0.2, -0.15) is 0 Å². The van der Waals surface area contributed by atoms with E-state index in [-0.39, 0.29) is 11.9 Å². The van der Waals surface area contributed by atoms with Gasteiger partial charge in [-0.05, 0) is 36.7 Å². The largest absolute Gasteiger partial charge is 0.317 e. The molecule has 130 valence electrons. The lowest BCUT2D eigenvalue weighted by atomic mass is 9.97. The predicted octanol–water partition coefficient (Wildman–Crippen LogP) is 3.87. The normalized spacial score (nSPS) is 12.5. The van der Waals surface area contributed by atoms with Gasteiger partial charge in [0, 0.05) is 7.05 Å². The SMILES string of the molecule is CCN(Cc1nnc(C)n1C)[C@@H](c1ccccc1)c1ccc(F)cc1. The fraction of sp³-hybridized carbons (Fsp3) is 0.300. The summed E-state index contributed by atoms with van der Waals surface area (Å²) in [6.07, 6.45) is 0. The van der Waals surface area contributed by atoms with Gasteiger partial charge in [0.2, 0.25) is 0 Å². The molecule has 0 radical (unpaired) electrons. The first kappa shape index (κ1) is 17.3. The Kier molecular flexibility index (Phi) is 5.24. The number of aromatic nitrogens is 3. The molecule has 0 saturated carbocycles. The molecular formula is C20H23FN4. The summed E-state index contributed by atoms with van der Waals surface area (Å²) in [5.41, 5.74) is 2.24. The average Bonchev–Trinajstić information content (AvgIpc) is 2.95. The number of nitrogens with zero attached hydrogens (tertiary/aromatic N) is 4. The van der Waals surface area contributed by atoms with E-state index in [9.17, 15) is 4.39 Å². The van der Waals surface area contributed by atoms with Crippen LogP contribution in [0.3, 0.4) is 0 Å². The minimum absolute atomic E-state index is 0.0313. The van der Waals surface area contributed by atoms with Crippen molar-refractivity contribution < 1.29 is 4.39 Å². The maximum atomic E-state index is 13.4. The highest BCUT2D eigenvalue weighted by Crippen LogP contribution is 2.29. The van der Waals surface area contributed by atoms with Gasteiger partial charge in [-0.25, -0.2) is 4.39 Å². The molecule has 0 saturated heterocycles. The lowest BCUT2D eigenvalue weighted by Gasteiger charge is -2.31. The van der Waals surface area contributed by atoms with Crippen LogP contribution in [0.5, 0.6) is 0 Å². The molecule has 1 aromatic heterocycles. The minimum Gasteiger partial charge on any atom is -0.317 e. The Bertz CT molecular complexity index is 811. The Morgan fingerprint density at radius 1 is 1.00 bits per heavy atom. The second kappa shape index (κ2) is 7.57. The summed E-state index contributed by atoms with van der Waals surface area (Å²) in [6, 6.07) is 17.1. The number of benzene rings is 2. The molecule has 0 aliphatic heterocycles. The van der Waals surface area contributed by atoms with Crippen LogP contribution in [0, 0.1) is 12.7 Å². The zero-order chi connectivity index (χ0) is 17.8. The molecule has 1 heterocycles. The van der Waals surface area contributed by atoms with Crippen LogP contribution in [0.2, 0.25) is 0 Å². The molecule has 3 rings (SSSR count). The van der Waals surface area contributed by atoms with Gasteiger partial charge in [0.1, 0.15) is 17.5 Å². The van der Waals surface area contributed by atoms with Crippen molar-refractivity contribution in [2.24, 2.45) is 7.05 Å². The Labute approximate surface area is 147 Å². The number of rotatable bonds is 6. The second-order valence-electron chi connectivity index (χ2n) is 6.15. The van der Waals surface area contributed by atoms with Crippen LogP contribution < -0.4 is 0 Å². The number of hydrogen-bond acceptors (Lipinski definition) is 3. The Hall–Kier alpha value is -2.53. The van der Waals surface area contributed by atoms with E-state index in [2.05, 4.69) is 34.2 Å². The van der Waals surface area contributed by atoms with Gasteiger partial charge in [0.15, 0.2) is 0 Å². The van der Waals surface area contributed by atoms with Gasteiger partial charge in [-0.15, -0.1) is 10.2 Å². The van der Waals surface area contributed by atoms with E-state index in [1.54, 1.807) is 0 Å². The molecule has 1 atom stereocenters. The smallest absolute Gasteiger partial charge is 0.146 e. The lowest BCUT2D eigenvalue weighted by Crippen LogP contribution is -2.30. The summed E-state index contributed by atoms with van der Waals surface area (Å²) < 4.78 is 15.4. The van der Waals surface area contributed by atoms with Crippen molar-refractivity contribution in [1.82, 2.24) is 19.7 Å². The Morgan fingerprint density at radius 3 is 2.20 bits per heavy atom. The fourth-order valence-electron chi connectivity index (χ4n) is 3.05. The monoisotopic (exact) mass is 338 g/mol. The van der Waals surface area contributed by atoms with Crippen molar-refractivity contribution in [2.45, 2.75) is 26.4 Å². The quantitative estimate of drug-likeness (QED) is 0.684. The topological polar surface area (TPSA) is 34.0 Å². The molecule has 25 heavy (non-hydrogen) atoms. The summed E-state index contributed by atoms with van der Waals surface area (Å²) in [5, 5.41) is 8.45. The third kappa shape index (κ3) is 3.77. The van der Waals surface area contributed by atoms with Crippen LogP contribution in [0.15, 0.2) is 54.6 Å². The molecule has 0 spiro atoms. The van der Waals surface area contributed by atoms with Gasteiger partial charge in [-0.1, -0.05) is 49.4 Å². The van der Waals surface area contributed by atoms with E-state index in [4.69, 9.17) is 0 Å². The van der Waals surface area contributed by atoms with Gasteiger partial charge in [0.25, 0.3) is 0 Å². The highest BCUT2D eigenvalue weighted by atomic mass is 19.1. The summed E-state index contributed by atoms with van der Waals surface area (Å²) in [4.78, 5) is 2.33. The number of aryl methyl sites for hydroxylation is 1. The van der Waals surface area contributed by atoms with Crippen molar-refractivity contribution in [2.75, 3.05) is 6.54 Å². The summed E-state index contributed by atoms with van der Waals surface area (Å²) >= 11 is 0. The highest BCUT2D eigenvalue weighted by molar-refractivity contribution is 5.32. The van der Waals surface area contributed by atoms with Crippen molar-refractivity contribution in [1.29, 1.82) is 0 Å². The molecule has 0 N–H and O–H groups in total. The van der Waals surface area contributed by atoms with E-state index in [1.165, 1.54) is 17.7 Å². The van der Waals surface area contributed by atoms with Gasteiger partial charge in [-0.3, -0.25) is 4.90 Å². The summed E-state index contributed by atoms with van der Waals surface area (Å²) in [6.45, 7) is 5.58. The highest BCUT2D eigenvalue weighted by Gasteiger charge is 2.23.